The molecule has 0 atom stereocenters. The standard InChI is InChI=1S/C21H23N2S.ClH/c1-22(2)19-9-5-16(6-10-19)21(18-13-14-24-15-18)17-7-11-20(12-8-17)23(3)4;/h5-15H,1-4H3;1H/q+1;/p-1. The van der Waals surface area contributed by atoms with Gasteiger partial charge in [0.2, 0.25) is 0 Å². The Bertz CT molecular complexity index is 817. The third-order valence-electron chi connectivity index (χ3n) is 4.15. The number of rotatable bonds is 3. The van der Waals surface area contributed by atoms with Crippen molar-refractivity contribution in [1.29, 1.82) is 0 Å². The molecule has 1 aliphatic carbocycles. The van der Waals surface area contributed by atoms with E-state index in [1.54, 1.807) is 11.3 Å². The topological polar surface area (TPSA) is 6.25 Å². The van der Waals surface area contributed by atoms with Crippen molar-refractivity contribution in [2.24, 2.45) is 0 Å². The Morgan fingerprint density at radius 1 is 0.880 bits per heavy atom. The maximum Gasteiger partial charge on any atom is 0.199 e. The van der Waals surface area contributed by atoms with Gasteiger partial charge in [-0.15, -0.1) is 0 Å². The molecule has 1 aliphatic rings. The Labute approximate surface area is 160 Å². The van der Waals surface area contributed by atoms with Crippen LogP contribution in [0.25, 0.3) is 5.57 Å². The lowest BCUT2D eigenvalue weighted by Gasteiger charge is -2.15. The highest BCUT2D eigenvalue weighted by molar-refractivity contribution is 7.08. The molecule has 0 amide bonds. The average molecular weight is 371 g/mol. The zero-order chi connectivity index (χ0) is 17.1. The van der Waals surface area contributed by atoms with Gasteiger partial charge in [0.05, 0.1) is 0 Å². The van der Waals surface area contributed by atoms with E-state index in [-0.39, 0.29) is 12.4 Å². The maximum absolute atomic E-state index is 2.22. The van der Waals surface area contributed by atoms with Crippen LogP contribution in [-0.2, 0) is 0 Å². The van der Waals surface area contributed by atoms with Crippen LogP contribution >= 0.6 is 11.3 Å². The average Bonchev–Trinajstić information content (AvgIpc) is 3.10. The first-order valence-corrected chi connectivity index (χ1v) is 8.95. The first kappa shape index (κ1) is 19.2. The van der Waals surface area contributed by atoms with Gasteiger partial charge in [0, 0.05) is 31.9 Å². The molecule has 1 aromatic carbocycles. The largest absolute Gasteiger partial charge is 1.00 e. The van der Waals surface area contributed by atoms with E-state index in [4.69, 9.17) is 0 Å². The summed E-state index contributed by atoms with van der Waals surface area (Å²) in [5, 5.41) is 4.35. The van der Waals surface area contributed by atoms with Crippen LogP contribution in [0.1, 0.15) is 11.1 Å². The van der Waals surface area contributed by atoms with Crippen molar-refractivity contribution in [3.8, 4) is 0 Å². The smallest absolute Gasteiger partial charge is 0.199 e. The number of hydrogen-bond acceptors (Lipinski definition) is 2. The number of benzene rings is 1. The monoisotopic (exact) mass is 370 g/mol. The normalized spacial score (nSPS) is 12.8. The lowest BCUT2D eigenvalue weighted by Crippen LogP contribution is -3.00. The second-order valence-electron chi connectivity index (χ2n) is 6.27. The lowest BCUT2D eigenvalue weighted by atomic mass is 9.92. The van der Waals surface area contributed by atoms with Crippen LogP contribution in [-0.4, -0.2) is 38.5 Å². The minimum Gasteiger partial charge on any atom is -1.00 e. The molecule has 0 aliphatic heterocycles. The summed E-state index contributed by atoms with van der Waals surface area (Å²) in [4.78, 5) is 2.12. The van der Waals surface area contributed by atoms with E-state index in [0.717, 1.165) is 0 Å². The molecule has 0 saturated carbocycles. The van der Waals surface area contributed by atoms with Gasteiger partial charge in [-0.1, -0.05) is 12.1 Å². The van der Waals surface area contributed by atoms with Crippen LogP contribution in [0, 0.1) is 0 Å². The molecule has 25 heavy (non-hydrogen) atoms. The third kappa shape index (κ3) is 4.30. The quantitative estimate of drug-likeness (QED) is 0.741. The predicted octanol–water partition coefficient (Wildman–Crippen LogP) is 1.46. The summed E-state index contributed by atoms with van der Waals surface area (Å²) < 4.78 is 2.12. The van der Waals surface area contributed by atoms with E-state index in [2.05, 4.69) is 103 Å². The molecule has 1 aromatic heterocycles. The van der Waals surface area contributed by atoms with Gasteiger partial charge >= 0.3 is 0 Å². The molecule has 4 heteroatoms. The molecule has 2 nitrogen and oxygen atoms in total. The van der Waals surface area contributed by atoms with Crippen molar-refractivity contribution >= 4 is 28.3 Å². The van der Waals surface area contributed by atoms with Crippen molar-refractivity contribution in [1.82, 2.24) is 0 Å². The number of anilines is 1. The molecule has 2 aromatic rings. The van der Waals surface area contributed by atoms with Crippen LogP contribution in [0.2, 0.25) is 0 Å². The van der Waals surface area contributed by atoms with Gasteiger partial charge in [0.1, 0.15) is 14.1 Å². The molecule has 130 valence electrons. The summed E-state index contributed by atoms with van der Waals surface area (Å²) >= 11 is 1.74. The molecular formula is C21H23ClN2S. The van der Waals surface area contributed by atoms with Gasteiger partial charge in [-0.25, -0.2) is 4.58 Å². The zero-order valence-electron chi connectivity index (χ0n) is 15.0. The van der Waals surface area contributed by atoms with E-state index in [1.807, 2.05) is 0 Å². The third-order valence-corrected chi connectivity index (χ3v) is 4.84. The zero-order valence-corrected chi connectivity index (χ0v) is 16.6. The van der Waals surface area contributed by atoms with Gasteiger partial charge < -0.3 is 17.3 Å². The fourth-order valence-electron chi connectivity index (χ4n) is 2.76. The molecule has 0 saturated heterocycles. The molecule has 0 spiro atoms. The number of allylic oxidation sites excluding steroid dienone is 5. The van der Waals surface area contributed by atoms with E-state index in [1.165, 1.54) is 33.7 Å². The van der Waals surface area contributed by atoms with Crippen LogP contribution in [0.15, 0.2) is 71.0 Å². The molecular weight excluding hydrogens is 348 g/mol. The fourth-order valence-corrected chi connectivity index (χ4v) is 3.41. The Hall–Kier alpha value is -2.10. The van der Waals surface area contributed by atoms with Crippen molar-refractivity contribution < 1.29 is 17.0 Å². The number of halogens is 1. The van der Waals surface area contributed by atoms with E-state index in [0.29, 0.717) is 0 Å². The maximum atomic E-state index is 2.22. The highest BCUT2D eigenvalue weighted by atomic mass is 35.5. The molecule has 0 unspecified atom stereocenters. The summed E-state index contributed by atoms with van der Waals surface area (Å²) in [5.41, 5.74) is 7.48. The van der Waals surface area contributed by atoms with E-state index >= 15 is 0 Å². The first-order chi connectivity index (χ1) is 11.6. The van der Waals surface area contributed by atoms with Crippen LogP contribution in [0.5, 0.6) is 0 Å². The molecule has 3 rings (SSSR count). The number of nitrogens with zero attached hydrogens (tertiary/aromatic N) is 2. The summed E-state index contributed by atoms with van der Waals surface area (Å²) in [5.74, 6) is 0. The van der Waals surface area contributed by atoms with Crippen LogP contribution in [0.3, 0.4) is 0 Å². The van der Waals surface area contributed by atoms with Crippen molar-refractivity contribution in [2.75, 3.05) is 33.1 Å². The highest BCUT2D eigenvalue weighted by Crippen LogP contribution is 2.31. The predicted molar refractivity (Wildman–Crippen MR) is 107 cm³/mol. The summed E-state index contributed by atoms with van der Waals surface area (Å²) in [6.07, 6.45) is 8.77. The van der Waals surface area contributed by atoms with Gasteiger partial charge in [0.15, 0.2) is 5.71 Å². The number of hydrogen-bond donors (Lipinski definition) is 0. The SMILES string of the molecule is CN(C)c1ccc(C(=C2C=CC(=[N+](C)C)C=C2)c2ccsc2)cc1.[Cl-]. The number of thiophene rings is 1. The lowest BCUT2D eigenvalue weighted by molar-refractivity contribution is -0.462. The highest BCUT2D eigenvalue weighted by Gasteiger charge is 2.13. The Balaban J connectivity index is 0.00000225. The Kier molecular flexibility index (Phi) is 6.40. The fraction of sp³-hybridized carbons (Fsp3) is 0.190. The molecule has 0 N–H and O–H groups in total. The van der Waals surface area contributed by atoms with Gasteiger partial charge in [-0.05, 0) is 63.4 Å². The van der Waals surface area contributed by atoms with E-state index < -0.39 is 0 Å². The molecule has 0 bridgehead atoms. The second-order valence-corrected chi connectivity index (χ2v) is 7.05. The van der Waals surface area contributed by atoms with Gasteiger partial charge in [0.25, 0.3) is 0 Å². The summed E-state index contributed by atoms with van der Waals surface area (Å²) in [6, 6.07) is 11.0. The minimum atomic E-state index is 0. The molecule has 0 radical (unpaired) electrons. The van der Waals surface area contributed by atoms with Crippen molar-refractivity contribution in [2.45, 2.75) is 0 Å². The van der Waals surface area contributed by atoms with Crippen LogP contribution in [0.4, 0.5) is 5.69 Å². The minimum absolute atomic E-state index is 0. The van der Waals surface area contributed by atoms with Crippen molar-refractivity contribution in [3.63, 3.8) is 0 Å². The Morgan fingerprint density at radius 3 is 2.00 bits per heavy atom. The molecule has 0 fully saturated rings. The first-order valence-electron chi connectivity index (χ1n) is 8.01. The Morgan fingerprint density at radius 2 is 1.52 bits per heavy atom. The van der Waals surface area contributed by atoms with E-state index in [9.17, 15) is 0 Å². The summed E-state index contributed by atoms with van der Waals surface area (Å²) in [7, 11) is 8.27. The van der Waals surface area contributed by atoms with Crippen LogP contribution < -0.4 is 17.3 Å². The second kappa shape index (κ2) is 8.32. The summed E-state index contributed by atoms with van der Waals surface area (Å²) in [6.45, 7) is 0. The van der Waals surface area contributed by atoms with Crippen molar-refractivity contribution in [3.05, 3.63) is 82.1 Å². The van der Waals surface area contributed by atoms with Gasteiger partial charge in [-0.2, -0.15) is 11.3 Å². The van der Waals surface area contributed by atoms with Gasteiger partial charge in [-0.3, -0.25) is 0 Å². The molecule has 1 heterocycles.